The molecule has 0 saturated carbocycles. The van der Waals surface area contributed by atoms with Crippen LogP contribution in [0.1, 0.15) is 43.4 Å². The predicted molar refractivity (Wildman–Crippen MR) is 106 cm³/mol. The van der Waals surface area contributed by atoms with E-state index in [-0.39, 0.29) is 7.25 Å². The van der Waals surface area contributed by atoms with Gasteiger partial charge in [0.15, 0.2) is 0 Å². The molecular formula is C20H20Cl2SiZr. The summed E-state index contributed by atoms with van der Waals surface area (Å²) in [5.74, 6) is 0. The zero-order chi connectivity index (χ0) is 17.1. The first-order valence-electron chi connectivity index (χ1n) is 8.27. The first-order chi connectivity index (χ1) is 11.3. The van der Waals surface area contributed by atoms with Crippen molar-refractivity contribution < 1.29 is 15.0 Å². The van der Waals surface area contributed by atoms with Gasteiger partial charge >= 0.3 is 154 Å². The van der Waals surface area contributed by atoms with Gasteiger partial charge in [-0.3, -0.25) is 0 Å². The number of allylic oxidation sites excluding steroid dienone is 2. The van der Waals surface area contributed by atoms with E-state index >= 15 is 0 Å². The second-order valence-corrected chi connectivity index (χ2v) is 42.7. The van der Waals surface area contributed by atoms with Crippen molar-refractivity contribution in [3.63, 3.8) is 0 Å². The third-order valence-corrected chi connectivity index (χ3v) is 25.0. The van der Waals surface area contributed by atoms with Gasteiger partial charge in [-0.1, -0.05) is 0 Å². The van der Waals surface area contributed by atoms with Crippen molar-refractivity contribution in [3.8, 4) is 0 Å². The van der Waals surface area contributed by atoms with E-state index in [0.29, 0.717) is 0 Å². The Balaban J connectivity index is 1.93. The first kappa shape index (κ1) is 17.0. The van der Waals surface area contributed by atoms with Crippen molar-refractivity contribution in [3.05, 3.63) is 81.9 Å². The van der Waals surface area contributed by atoms with Crippen molar-refractivity contribution in [1.82, 2.24) is 0 Å². The van der Waals surface area contributed by atoms with Crippen LogP contribution in [0.5, 0.6) is 0 Å². The van der Waals surface area contributed by atoms with E-state index in [1.165, 1.54) is 33.4 Å². The molecule has 2 unspecified atom stereocenters. The average Bonchev–Trinajstić information content (AvgIpc) is 3.02. The fourth-order valence-electron chi connectivity index (χ4n) is 4.69. The molecule has 0 bridgehead atoms. The van der Waals surface area contributed by atoms with Gasteiger partial charge in [0.2, 0.25) is 0 Å². The van der Waals surface area contributed by atoms with Gasteiger partial charge in [0, 0.05) is 0 Å². The van der Waals surface area contributed by atoms with Gasteiger partial charge in [-0.25, -0.2) is 0 Å². The summed E-state index contributed by atoms with van der Waals surface area (Å²) in [4.78, 5) is 0. The molecule has 2 aromatic rings. The summed E-state index contributed by atoms with van der Waals surface area (Å²) in [6, 6.07) is 17.1. The number of hydrogen-bond acceptors (Lipinski definition) is 0. The van der Waals surface area contributed by atoms with Gasteiger partial charge in [-0.05, 0) is 0 Å². The van der Waals surface area contributed by atoms with Gasteiger partial charge in [-0.15, -0.1) is 0 Å². The van der Waals surface area contributed by atoms with Gasteiger partial charge in [0.1, 0.15) is 0 Å². The average molecular weight is 451 g/mol. The SMILES string of the molecule is CC1=Cc2ccccc2[CH]1[Zr](=[SiH2])([Cl])([Cl])[CH]1C(C)=Cc2ccccc21. The molecule has 0 saturated heterocycles. The molecule has 0 amide bonds. The molecule has 0 aliphatic heterocycles. The van der Waals surface area contributed by atoms with E-state index in [0.717, 1.165) is 0 Å². The fraction of sp³-hybridized carbons (Fsp3) is 0.200. The Kier molecular flexibility index (Phi) is 3.94. The van der Waals surface area contributed by atoms with Gasteiger partial charge in [-0.2, -0.15) is 0 Å². The van der Waals surface area contributed by atoms with Crippen LogP contribution in [0.4, 0.5) is 0 Å². The number of halogens is 2. The summed E-state index contributed by atoms with van der Waals surface area (Å²) in [6.07, 6.45) is 4.54. The molecule has 2 aliphatic rings. The normalized spacial score (nSPS) is 22.7. The van der Waals surface area contributed by atoms with E-state index in [4.69, 9.17) is 17.0 Å². The predicted octanol–water partition coefficient (Wildman–Crippen LogP) is 5.85. The summed E-state index contributed by atoms with van der Waals surface area (Å²) >= 11 is -4.21. The van der Waals surface area contributed by atoms with Crippen molar-refractivity contribution in [2.45, 2.75) is 21.1 Å². The molecule has 0 nitrogen and oxygen atoms in total. The van der Waals surface area contributed by atoms with Crippen LogP contribution in [0, 0.1) is 0 Å². The minimum atomic E-state index is -4.21. The number of hydrogen-bond donors (Lipinski definition) is 0. The van der Waals surface area contributed by atoms with Gasteiger partial charge in [0.25, 0.3) is 0 Å². The van der Waals surface area contributed by atoms with Crippen LogP contribution in [0.2, 0.25) is 0 Å². The van der Waals surface area contributed by atoms with E-state index in [2.05, 4.69) is 74.5 Å². The Morgan fingerprint density at radius 3 is 1.54 bits per heavy atom. The zero-order valence-corrected chi connectivity index (χ0v) is 19.3. The van der Waals surface area contributed by atoms with Crippen LogP contribution in [0.25, 0.3) is 12.2 Å². The summed E-state index contributed by atoms with van der Waals surface area (Å²) < 4.78 is 0.368. The Morgan fingerprint density at radius 2 is 1.12 bits per heavy atom. The maximum atomic E-state index is 7.56. The molecule has 0 fully saturated rings. The first-order valence-corrected chi connectivity index (χ1v) is 23.4. The van der Waals surface area contributed by atoms with Crippen LogP contribution >= 0.6 is 17.0 Å². The van der Waals surface area contributed by atoms with E-state index in [1.807, 2.05) is 6.88 Å². The summed E-state index contributed by atoms with van der Waals surface area (Å²) in [7, 11) is 15.1. The summed E-state index contributed by atoms with van der Waals surface area (Å²) in [5.41, 5.74) is 7.83. The quantitative estimate of drug-likeness (QED) is 0.504. The zero-order valence-electron chi connectivity index (χ0n) is 13.9. The molecule has 2 atom stereocenters. The topological polar surface area (TPSA) is 0 Å². The third-order valence-electron chi connectivity index (χ3n) is 5.47. The number of fused-ring (bicyclic) bond motifs is 2. The summed E-state index contributed by atoms with van der Waals surface area (Å²) in [5, 5.41) is 0. The van der Waals surface area contributed by atoms with Crippen molar-refractivity contribution >= 4 is 36.1 Å². The van der Waals surface area contributed by atoms with Crippen LogP contribution in [-0.4, -0.2) is 6.88 Å². The molecule has 4 rings (SSSR count). The van der Waals surface area contributed by atoms with Crippen LogP contribution in [0.15, 0.2) is 59.7 Å². The van der Waals surface area contributed by atoms with Crippen LogP contribution in [-0.2, 0) is 15.0 Å². The molecule has 24 heavy (non-hydrogen) atoms. The molecular weight excluding hydrogens is 430 g/mol. The van der Waals surface area contributed by atoms with E-state index < -0.39 is 15.0 Å². The van der Waals surface area contributed by atoms with Crippen LogP contribution < -0.4 is 0 Å². The van der Waals surface area contributed by atoms with Crippen molar-refractivity contribution in [1.29, 1.82) is 0 Å². The van der Waals surface area contributed by atoms with Crippen LogP contribution in [0.3, 0.4) is 0 Å². The second kappa shape index (κ2) is 5.55. The Bertz CT molecular complexity index is 907. The molecule has 2 aliphatic carbocycles. The van der Waals surface area contributed by atoms with Gasteiger partial charge in [0.05, 0.1) is 0 Å². The Labute approximate surface area is 153 Å². The molecule has 122 valence electrons. The third kappa shape index (κ3) is 2.42. The minimum absolute atomic E-state index is 0.184. The molecule has 0 radical (unpaired) electrons. The Morgan fingerprint density at radius 1 is 0.750 bits per heavy atom. The second-order valence-electron chi connectivity index (χ2n) is 7.25. The number of benzene rings is 2. The van der Waals surface area contributed by atoms with Gasteiger partial charge < -0.3 is 0 Å². The molecule has 2 aromatic carbocycles. The standard InChI is InChI=1S/2C10H9.2ClH.H2Si.Zr/c2*1-8-6-9-4-2-3-5-10(9)7-8;;;;/h2*2-7H,1H3;2*1H;1H2;/q;;;;;+2/p-2. The van der Waals surface area contributed by atoms with Crippen molar-refractivity contribution in [2.75, 3.05) is 0 Å². The molecule has 0 aromatic heterocycles. The maximum absolute atomic E-state index is 7.56. The molecule has 0 spiro atoms. The van der Waals surface area contributed by atoms with Crippen molar-refractivity contribution in [2.24, 2.45) is 0 Å². The summed E-state index contributed by atoms with van der Waals surface area (Å²) in [6.45, 7) is 6.32. The fourth-order valence-corrected chi connectivity index (χ4v) is 28.2. The van der Waals surface area contributed by atoms with E-state index in [9.17, 15) is 0 Å². The Hall–Kier alpha value is -0.400. The van der Waals surface area contributed by atoms with E-state index in [1.54, 1.807) is 0 Å². The molecule has 0 heterocycles. The monoisotopic (exact) mass is 448 g/mol. The molecule has 4 heteroatoms. The number of rotatable bonds is 2. The molecule has 0 N–H and O–H groups in total.